The van der Waals surface area contributed by atoms with E-state index < -0.39 is 11.6 Å². The Kier molecular flexibility index (Phi) is 5.68. The molecule has 2 aromatic heterocycles. The molecule has 7 atom stereocenters. The Morgan fingerprint density at radius 3 is 2.91 bits per heavy atom. The van der Waals surface area contributed by atoms with Gasteiger partial charge in [0.15, 0.2) is 5.82 Å². The van der Waals surface area contributed by atoms with Gasteiger partial charge >= 0.3 is 6.01 Å². The van der Waals surface area contributed by atoms with Crippen molar-refractivity contribution in [3.8, 4) is 35.5 Å². The molecule has 5 fully saturated rings. The number of nitrogens with zero attached hydrogens (tertiary/aromatic N) is 5. The van der Waals surface area contributed by atoms with Gasteiger partial charge in [0.2, 0.25) is 5.88 Å². The summed E-state index contributed by atoms with van der Waals surface area (Å²) in [6.07, 6.45) is 9.67. The summed E-state index contributed by atoms with van der Waals surface area (Å²) >= 11 is 0. The Labute approximate surface area is 271 Å². The van der Waals surface area contributed by atoms with Gasteiger partial charge in [-0.2, -0.15) is 9.97 Å². The minimum atomic E-state index is -0.651. The van der Waals surface area contributed by atoms with Crippen LogP contribution in [0.3, 0.4) is 0 Å². The standard InChI is InChI=1S/C37H34F2N6O2/c1-4-23-26(38)10-8-20-6-5-7-24(28(20)23)31-30(39)32-29-34(45-16-22-9-11-27(40-22)33(45)19(3)47-35(29)41-31)43-36(42-32)46-17-37-13-18(2)14-44(37)15-21-12-25(21)37/h1,5-8,10,19,21-22,25,27,33,40H,2,9,11-17H2,3H3/t19-,21+,22+,25+,27-,33+,37?/m0/s1. The zero-order valence-electron chi connectivity index (χ0n) is 26.1. The predicted molar refractivity (Wildman–Crippen MR) is 174 cm³/mol. The number of benzene rings is 2. The van der Waals surface area contributed by atoms with Crippen LogP contribution < -0.4 is 19.7 Å². The van der Waals surface area contributed by atoms with Crippen molar-refractivity contribution >= 4 is 27.5 Å². The molecule has 4 saturated heterocycles. The van der Waals surface area contributed by atoms with Crippen molar-refractivity contribution in [1.82, 2.24) is 25.2 Å². The summed E-state index contributed by atoms with van der Waals surface area (Å²) in [5.74, 6) is 3.38. The van der Waals surface area contributed by atoms with Crippen LogP contribution in [0.1, 0.15) is 38.2 Å². The van der Waals surface area contributed by atoms with Gasteiger partial charge in [0, 0.05) is 42.7 Å². The topological polar surface area (TPSA) is 75.6 Å². The van der Waals surface area contributed by atoms with Crippen LogP contribution in [0.25, 0.3) is 32.9 Å². The second-order valence-electron chi connectivity index (χ2n) is 14.4. The number of piperidine rings is 1. The first-order chi connectivity index (χ1) is 22.8. The van der Waals surface area contributed by atoms with Crippen molar-refractivity contribution in [3.63, 3.8) is 0 Å². The average molecular weight is 633 g/mol. The molecule has 10 rings (SSSR count). The highest BCUT2D eigenvalue weighted by atomic mass is 19.1. The van der Waals surface area contributed by atoms with Gasteiger partial charge < -0.3 is 19.7 Å². The minimum Gasteiger partial charge on any atom is -0.472 e. The number of piperazine rings is 1. The molecule has 47 heavy (non-hydrogen) atoms. The van der Waals surface area contributed by atoms with Crippen LogP contribution in [-0.2, 0) is 0 Å². The number of nitrogens with one attached hydrogen (secondary N) is 1. The van der Waals surface area contributed by atoms with Crippen LogP contribution in [0.4, 0.5) is 14.6 Å². The molecule has 8 nitrogen and oxygen atoms in total. The molecule has 1 unspecified atom stereocenters. The molecule has 1 N–H and O–H groups in total. The fourth-order valence-electron chi connectivity index (χ4n) is 9.69. The number of halogens is 2. The van der Waals surface area contributed by atoms with E-state index >= 15 is 4.39 Å². The first-order valence-corrected chi connectivity index (χ1v) is 16.7. The summed E-state index contributed by atoms with van der Waals surface area (Å²) in [6.45, 7) is 9.41. The number of pyridine rings is 1. The maximum absolute atomic E-state index is 17.2. The third-order valence-electron chi connectivity index (χ3n) is 11.7. The predicted octanol–water partition coefficient (Wildman–Crippen LogP) is 5.22. The maximum atomic E-state index is 17.2. The summed E-state index contributed by atoms with van der Waals surface area (Å²) in [6, 6.07) is 8.88. The van der Waals surface area contributed by atoms with Gasteiger partial charge in [-0.1, -0.05) is 42.3 Å². The molecule has 10 heteroatoms. The molecule has 2 bridgehead atoms. The zero-order chi connectivity index (χ0) is 31.8. The number of hydrogen-bond donors (Lipinski definition) is 1. The van der Waals surface area contributed by atoms with Crippen molar-refractivity contribution in [2.45, 2.75) is 62.4 Å². The zero-order valence-corrected chi connectivity index (χ0v) is 26.1. The highest BCUT2D eigenvalue weighted by Crippen LogP contribution is 2.60. The monoisotopic (exact) mass is 632 g/mol. The molecule has 0 amide bonds. The van der Waals surface area contributed by atoms with E-state index in [1.165, 1.54) is 18.1 Å². The third kappa shape index (κ3) is 3.84. The average Bonchev–Trinajstić information content (AvgIpc) is 3.54. The van der Waals surface area contributed by atoms with Crippen molar-refractivity contribution in [2.75, 3.05) is 31.1 Å². The molecule has 7 heterocycles. The van der Waals surface area contributed by atoms with Crippen LogP contribution in [-0.4, -0.2) is 75.9 Å². The van der Waals surface area contributed by atoms with Gasteiger partial charge in [-0.15, -0.1) is 6.42 Å². The number of ether oxygens (including phenoxy) is 2. The van der Waals surface area contributed by atoms with E-state index in [2.05, 4.69) is 27.6 Å². The maximum Gasteiger partial charge on any atom is 0.319 e. The first kappa shape index (κ1) is 27.8. The van der Waals surface area contributed by atoms with E-state index in [-0.39, 0.29) is 52.4 Å². The molecular formula is C37H34F2N6O2. The van der Waals surface area contributed by atoms with Gasteiger partial charge in [0.25, 0.3) is 0 Å². The molecule has 1 aliphatic carbocycles. The molecule has 2 aromatic carbocycles. The summed E-state index contributed by atoms with van der Waals surface area (Å²) in [7, 11) is 0. The Balaban J connectivity index is 1.18. The third-order valence-corrected chi connectivity index (χ3v) is 11.7. The summed E-state index contributed by atoms with van der Waals surface area (Å²) in [4.78, 5) is 19.4. The van der Waals surface area contributed by atoms with E-state index in [0.29, 0.717) is 58.6 Å². The van der Waals surface area contributed by atoms with Crippen molar-refractivity contribution in [2.24, 2.45) is 11.8 Å². The highest BCUT2D eigenvalue weighted by Gasteiger charge is 2.64. The molecule has 1 saturated carbocycles. The van der Waals surface area contributed by atoms with Crippen molar-refractivity contribution in [1.29, 1.82) is 0 Å². The van der Waals surface area contributed by atoms with Gasteiger partial charge in [-0.3, -0.25) is 4.90 Å². The summed E-state index contributed by atoms with van der Waals surface area (Å²) in [5, 5.41) is 5.27. The SMILES string of the molecule is C#Cc1c(F)ccc2cccc(-c3nc4c5c(nc(OCC67CC(=C)CN6C[C@H]6C[C@H]67)nc5c3F)N3C[C@H]5CC[C@H](N5)[C@H]3[C@H](C)O4)c12. The molecule has 6 aliphatic rings. The van der Waals surface area contributed by atoms with E-state index in [4.69, 9.17) is 30.8 Å². The number of anilines is 1. The molecule has 0 spiro atoms. The fraction of sp³-hybridized carbons (Fsp3) is 0.432. The Hall–Kier alpha value is -4.33. The van der Waals surface area contributed by atoms with E-state index in [0.717, 1.165) is 32.4 Å². The van der Waals surface area contributed by atoms with Crippen molar-refractivity contribution in [3.05, 3.63) is 59.7 Å². The van der Waals surface area contributed by atoms with Crippen LogP contribution in [0.2, 0.25) is 0 Å². The van der Waals surface area contributed by atoms with E-state index in [1.807, 2.05) is 13.0 Å². The first-order valence-electron chi connectivity index (χ1n) is 16.7. The van der Waals surface area contributed by atoms with E-state index in [1.54, 1.807) is 18.2 Å². The lowest BCUT2D eigenvalue weighted by molar-refractivity contribution is 0.0830. The largest absolute Gasteiger partial charge is 0.472 e. The van der Waals surface area contributed by atoms with Crippen LogP contribution >= 0.6 is 0 Å². The van der Waals surface area contributed by atoms with E-state index in [9.17, 15) is 4.39 Å². The smallest absolute Gasteiger partial charge is 0.319 e. The second kappa shape index (κ2) is 9.61. The van der Waals surface area contributed by atoms with Gasteiger partial charge in [-0.05, 0) is 55.9 Å². The summed E-state index contributed by atoms with van der Waals surface area (Å²) < 4.78 is 45.3. The Morgan fingerprint density at radius 1 is 1.15 bits per heavy atom. The van der Waals surface area contributed by atoms with Gasteiger partial charge in [0.1, 0.15) is 40.9 Å². The Bertz CT molecular complexity index is 2100. The molecule has 238 valence electrons. The molecular weight excluding hydrogens is 598 g/mol. The number of rotatable bonds is 4. The van der Waals surface area contributed by atoms with Crippen LogP contribution in [0.5, 0.6) is 11.9 Å². The summed E-state index contributed by atoms with van der Waals surface area (Å²) in [5.41, 5.74) is 1.60. The van der Waals surface area contributed by atoms with Crippen LogP contribution in [0.15, 0.2) is 42.5 Å². The normalized spacial score (nSPS) is 31.7. The fourth-order valence-corrected chi connectivity index (χ4v) is 9.69. The lowest BCUT2D eigenvalue weighted by Crippen LogP contribution is -2.62. The number of terminal acetylenes is 1. The Morgan fingerprint density at radius 2 is 2.04 bits per heavy atom. The van der Waals surface area contributed by atoms with Crippen LogP contribution in [0, 0.1) is 35.8 Å². The number of fused-ring (bicyclic) bond motifs is 9. The lowest BCUT2D eigenvalue weighted by Gasteiger charge is -2.42. The minimum absolute atomic E-state index is 0.00371. The highest BCUT2D eigenvalue weighted by molar-refractivity contribution is 6.03. The molecule has 4 aromatic rings. The molecule has 0 radical (unpaired) electrons. The lowest BCUT2D eigenvalue weighted by atomic mass is 9.91. The quantitative estimate of drug-likeness (QED) is 0.243. The second-order valence-corrected chi connectivity index (χ2v) is 14.4. The van der Waals surface area contributed by atoms with Crippen molar-refractivity contribution < 1.29 is 18.3 Å². The molecule has 5 aliphatic heterocycles. The number of aromatic nitrogens is 3. The number of hydrogen-bond acceptors (Lipinski definition) is 8. The van der Waals surface area contributed by atoms with Gasteiger partial charge in [-0.25, -0.2) is 13.8 Å². The van der Waals surface area contributed by atoms with Gasteiger partial charge in [0.05, 0.1) is 17.1 Å².